The Balaban J connectivity index is 1.60. The second-order valence-corrected chi connectivity index (χ2v) is 5.20. The third-order valence-electron chi connectivity index (χ3n) is 3.77. The average molecular weight is 229 g/mol. The first kappa shape index (κ1) is 10.8. The van der Waals surface area contributed by atoms with Gasteiger partial charge < -0.3 is 9.73 Å². The van der Waals surface area contributed by atoms with Crippen molar-refractivity contribution in [3.05, 3.63) is 36.1 Å². The normalized spacial score (nSPS) is 17.5. The molecular weight excluding hydrogens is 210 g/mol. The van der Waals surface area contributed by atoms with Crippen LogP contribution in [0.15, 0.2) is 34.9 Å². The maximum atomic E-state index is 5.53. The molecule has 0 spiro atoms. The van der Waals surface area contributed by atoms with Gasteiger partial charge in [0, 0.05) is 17.5 Å². The summed E-state index contributed by atoms with van der Waals surface area (Å²) in [5, 5.41) is 4.78. The lowest BCUT2D eigenvalue weighted by Gasteiger charge is -2.10. The summed E-state index contributed by atoms with van der Waals surface area (Å²) in [5.74, 6) is 1.79. The SMILES string of the molecule is CC(CNCc1coc2ccccc12)C1CC1. The Labute approximate surface area is 102 Å². The van der Waals surface area contributed by atoms with Crippen molar-refractivity contribution in [1.82, 2.24) is 5.32 Å². The van der Waals surface area contributed by atoms with Gasteiger partial charge in [0.15, 0.2) is 0 Å². The zero-order chi connectivity index (χ0) is 11.7. The molecule has 0 amide bonds. The monoisotopic (exact) mass is 229 g/mol. The molecule has 0 radical (unpaired) electrons. The van der Waals surface area contributed by atoms with Crippen molar-refractivity contribution in [2.24, 2.45) is 11.8 Å². The number of hydrogen-bond acceptors (Lipinski definition) is 2. The quantitative estimate of drug-likeness (QED) is 0.848. The smallest absolute Gasteiger partial charge is 0.134 e. The highest BCUT2D eigenvalue weighted by molar-refractivity contribution is 5.80. The van der Waals surface area contributed by atoms with Crippen LogP contribution in [0.5, 0.6) is 0 Å². The van der Waals surface area contributed by atoms with E-state index in [0.29, 0.717) is 0 Å². The van der Waals surface area contributed by atoms with Crippen molar-refractivity contribution in [3.8, 4) is 0 Å². The lowest BCUT2D eigenvalue weighted by atomic mass is 10.1. The summed E-state index contributed by atoms with van der Waals surface area (Å²) in [5.41, 5.74) is 2.25. The van der Waals surface area contributed by atoms with E-state index in [-0.39, 0.29) is 0 Å². The fourth-order valence-corrected chi connectivity index (χ4v) is 2.44. The van der Waals surface area contributed by atoms with Crippen molar-refractivity contribution in [2.75, 3.05) is 6.54 Å². The predicted octanol–water partition coefficient (Wildman–Crippen LogP) is 3.57. The Morgan fingerprint density at radius 1 is 1.35 bits per heavy atom. The predicted molar refractivity (Wildman–Crippen MR) is 69.8 cm³/mol. The van der Waals surface area contributed by atoms with Gasteiger partial charge in [0.25, 0.3) is 0 Å². The molecule has 90 valence electrons. The number of nitrogens with one attached hydrogen (secondary N) is 1. The molecule has 2 nitrogen and oxygen atoms in total. The van der Waals surface area contributed by atoms with Gasteiger partial charge in [-0.3, -0.25) is 0 Å². The number of rotatable bonds is 5. The molecule has 3 rings (SSSR count). The van der Waals surface area contributed by atoms with E-state index in [1.807, 2.05) is 18.4 Å². The fraction of sp³-hybridized carbons (Fsp3) is 0.467. The molecule has 1 N–H and O–H groups in total. The lowest BCUT2D eigenvalue weighted by Crippen LogP contribution is -2.21. The maximum absolute atomic E-state index is 5.53. The van der Waals surface area contributed by atoms with Crippen LogP contribution in [0, 0.1) is 11.8 Å². The van der Waals surface area contributed by atoms with Gasteiger partial charge in [-0.15, -0.1) is 0 Å². The van der Waals surface area contributed by atoms with Crippen molar-refractivity contribution >= 4 is 11.0 Å². The molecule has 1 saturated carbocycles. The summed E-state index contributed by atoms with van der Waals surface area (Å²) in [7, 11) is 0. The van der Waals surface area contributed by atoms with E-state index >= 15 is 0 Å². The van der Waals surface area contributed by atoms with Gasteiger partial charge in [-0.2, -0.15) is 0 Å². The Morgan fingerprint density at radius 3 is 3.00 bits per heavy atom. The van der Waals surface area contributed by atoms with Crippen LogP contribution in [-0.4, -0.2) is 6.54 Å². The van der Waals surface area contributed by atoms with Gasteiger partial charge in [0.05, 0.1) is 6.26 Å². The van der Waals surface area contributed by atoms with E-state index in [1.165, 1.54) is 23.8 Å². The molecule has 2 heteroatoms. The molecule has 1 aromatic carbocycles. The summed E-state index contributed by atoms with van der Waals surface area (Å²) >= 11 is 0. The minimum atomic E-state index is 0.813. The second-order valence-electron chi connectivity index (χ2n) is 5.20. The van der Waals surface area contributed by atoms with Crippen LogP contribution in [0.25, 0.3) is 11.0 Å². The van der Waals surface area contributed by atoms with E-state index in [1.54, 1.807) is 0 Å². The topological polar surface area (TPSA) is 25.2 Å². The molecule has 2 aromatic rings. The molecular formula is C15H19NO. The summed E-state index contributed by atoms with van der Waals surface area (Å²) in [4.78, 5) is 0. The molecule has 1 atom stereocenters. The van der Waals surface area contributed by atoms with Crippen molar-refractivity contribution in [1.29, 1.82) is 0 Å². The van der Waals surface area contributed by atoms with Crippen LogP contribution in [0.2, 0.25) is 0 Å². The van der Waals surface area contributed by atoms with Crippen LogP contribution in [0.4, 0.5) is 0 Å². The Morgan fingerprint density at radius 2 is 2.18 bits per heavy atom. The number of para-hydroxylation sites is 1. The standard InChI is InChI=1S/C15H19NO/c1-11(12-6-7-12)8-16-9-13-10-17-15-5-3-2-4-14(13)15/h2-5,10-12,16H,6-9H2,1H3. The summed E-state index contributed by atoms with van der Waals surface area (Å²) in [6.07, 6.45) is 4.73. The minimum Gasteiger partial charge on any atom is -0.464 e. The van der Waals surface area contributed by atoms with E-state index in [2.05, 4.69) is 24.4 Å². The first-order valence-electron chi connectivity index (χ1n) is 6.50. The number of fused-ring (bicyclic) bond motifs is 1. The highest BCUT2D eigenvalue weighted by Gasteiger charge is 2.27. The number of hydrogen-bond donors (Lipinski definition) is 1. The van der Waals surface area contributed by atoms with Gasteiger partial charge in [0.2, 0.25) is 0 Å². The summed E-state index contributed by atoms with van der Waals surface area (Å²) in [6, 6.07) is 8.22. The highest BCUT2D eigenvalue weighted by Crippen LogP contribution is 2.36. The Hall–Kier alpha value is -1.28. The van der Waals surface area contributed by atoms with Crippen molar-refractivity contribution < 1.29 is 4.42 Å². The summed E-state index contributed by atoms with van der Waals surface area (Å²) in [6.45, 7) is 4.37. The van der Waals surface area contributed by atoms with Crippen LogP contribution >= 0.6 is 0 Å². The van der Waals surface area contributed by atoms with E-state index in [4.69, 9.17) is 4.42 Å². The Bertz CT molecular complexity index is 498. The second kappa shape index (κ2) is 4.53. The van der Waals surface area contributed by atoms with Crippen molar-refractivity contribution in [3.63, 3.8) is 0 Å². The van der Waals surface area contributed by atoms with E-state index < -0.39 is 0 Å². The molecule has 0 aliphatic heterocycles. The zero-order valence-corrected chi connectivity index (χ0v) is 10.3. The third-order valence-corrected chi connectivity index (χ3v) is 3.77. The zero-order valence-electron chi connectivity index (χ0n) is 10.3. The molecule has 1 aliphatic rings. The third kappa shape index (κ3) is 2.37. The van der Waals surface area contributed by atoms with Crippen LogP contribution in [0.3, 0.4) is 0 Å². The molecule has 1 heterocycles. The van der Waals surface area contributed by atoms with Crippen LogP contribution in [0.1, 0.15) is 25.3 Å². The van der Waals surface area contributed by atoms with Crippen LogP contribution < -0.4 is 5.32 Å². The highest BCUT2D eigenvalue weighted by atomic mass is 16.3. The minimum absolute atomic E-state index is 0.813. The van der Waals surface area contributed by atoms with Crippen molar-refractivity contribution in [2.45, 2.75) is 26.3 Å². The summed E-state index contributed by atoms with van der Waals surface area (Å²) < 4.78 is 5.53. The maximum Gasteiger partial charge on any atom is 0.134 e. The molecule has 1 unspecified atom stereocenters. The molecule has 17 heavy (non-hydrogen) atoms. The van der Waals surface area contributed by atoms with E-state index in [9.17, 15) is 0 Å². The largest absolute Gasteiger partial charge is 0.464 e. The average Bonchev–Trinajstić information content (AvgIpc) is 3.12. The van der Waals surface area contributed by atoms with Gasteiger partial charge in [-0.25, -0.2) is 0 Å². The van der Waals surface area contributed by atoms with Gasteiger partial charge in [0.1, 0.15) is 5.58 Å². The first-order valence-corrected chi connectivity index (χ1v) is 6.50. The molecule has 1 fully saturated rings. The van der Waals surface area contributed by atoms with Gasteiger partial charge >= 0.3 is 0 Å². The first-order chi connectivity index (χ1) is 8.34. The molecule has 0 bridgehead atoms. The van der Waals surface area contributed by atoms with E-state index in [0.717, 1.165) is 30.5 Å². The lowest BCUT2D eigenvalue weighted by molar-refractivity contribution is 0.461. The fourth-order valence-electron chi connectivity index (χ4n) is 2.44. The molecule has 0 saturated heterocycles. The molecule has 1 aromatic heterocycles. The number of furan rings is 1. The Kier molecular flexibility index (Phi) is 2.89. The van der Waals surface area contributed by atoms with Crippen LogP contribution in [-0.2, 0) is 6.54 Å². The number of benzene rings is 1. The van der Waals surface area contributed by atoms with Gasteiger partial charge in [-0.05, 0) is 37.3 Å². The molecule has 1 aliphatic carbocycles. The van der Waals surface area contributed by atoms with Gasteiger partial charge in [-0.1, -0.05) is 25.1 Å².